The molecular formula is C23H27ClN2O2. The van der Waals surface area contributed by atoms with Crippen molar-refractivity contribution in [3.63, 3.8) is 0 Å². The van der Waals surface area contributed by atoms with Crippen LogP contribution in [0.15, 0.2) is 35.6 Å². The summed E-state index contributed by atoms with van der Waals surface area (Å²) in [6, 6.07) is 8.03. The van der Waals surface area contributed by atoms with Crippen molar-refractivity contribution in [2.45, 2.75) is 47.6 Å². The van der Waals surface area contributed by atoms with Gasteiger partial charge >= 0.3 is 5.69 Å². The summed E-state index contributed by atoms with van der Waals surface area (Å²) in [6.07, 6.45) is 0.725. The van der Waals surface area contributed by atoms with E-state index in [4.69, 9.17) is 16.3 Å². The van der Waals surface area contributed by atoms with Crippen molar-refractivity contribution < 1.29 is 4.74 Å². The normalized spacial score (nSPS) is 11.2. The van der Waals surface area contributed by atoms with Gasteiger partial charge in [0.2, 0.25) is 0 Å². The Balaban J connectivity index is 1.81. The molecule has 0 fully saturated rings. The lowest BCUT2D eigenvalue weighted by molar-refractivity contribution is 0.301. The molecule has 4 nitrogen and oxygen atoms in total. The first-order valence-electron chi connectivity index (χ1n) is 9.48. The molecule has 1 heterocycles. The second-order valence-corrected chi connectivity index (χ2v) is 7.88. The summed E-state index contributed by atoms with van der Waals surface area (Å²) in [5.41, 5.74) is 6.86. The predicted octanol–water partition coefficient (Wildman–Crippen LogP) is 5.65. The van der Waals surface area contributed by atoms with Crippen LogP contribution in [0, 0.1) is 27.7 Å². The lowest BCUT2D eigenvalue weighted by Crippen LogP contribution is -2.23. The molecule has 0 saturated heterocycles. The molecule has 0 atom stereocenters. The van der Waals surface area contributed by atoms with Crippen LogP contribution >= 0.6 is 11.6 Å². The van der Waals surface area contributed by atoms with E-state index in [2.05, 4.69) is 32.6 Å². The number of hydrogen-bond donors (Lipinski definition) is 0. The molecule has 0 saturated carbocycles. The number of benzene rings is 2. The van der Waals surface area contributed by atoms with Gasteiger partial charge in [-0.2, -0.15) is 0 Å². The number of halogens is 1. The quantitative estimate of drug-likeness (QED) is 0.503. The number of hydrogen-bond acceptors (Lipinski definition) is 2. The third-order valence-electron chi connectivity index (χ3n) is 5.13. The topological polar surface area (TPSA) is 36.2 Å². The van der Waals surface area contributed by atoms with Crippen molar-refractivity contribution in [2.75, 3.05) is 6.61 Å². The fourth-order valence-electron chi connectivity index (χ4n) is 3.49. The molecule has 0 amide bonds. The molecule has 28 heavy (non-hydrogen) atoms. The van der Waals surface area contributed by atoms with Crippen molar-refractivity contribution in [2.24, 2.45) is 0 Å². The minimum Gasteiger partial charge on any atom is -0.494 e. The van der Waals surface area contributed by atoms with Crippen molar-refractivity contribution in [1.82, 2.24) is 9.13 Å². The van der Waals surface area contributed by atoms with Crippen LogP contribution in [0.4, 0.5) is 0 Å². The molecule has 5 heteroatoms. The highest BCUT2D eigenvalue weighted by atomic mass is 35.5. The molecule has 0 bridgehead atoms. The standard InChI is InChI=1S/C23H27ClN2O2/c1-14(2)26-21-13-16(4)15(3)12-20(21)25(23(26)27)8-7-9-28-19-10-17(5)22(24)18(6)11-19/h10-13H,1,7-9H2,2-6H3. The van der Waals surface area contributed by atoms with Gasteiger partial charge in [-0.3, -0.25) is 9.13 Å². The molecule has 2 aromatic carbocycles. The van der Waals surface area contributed by atoms with Crippen molar-refractivity contribution >= 4 is 28.3 Å². The monoisotopic (exact) mass is 398 g/mol. The zero-order valence-electron chi connectivity index (χ0n) is 17.2. The lowest BCUT2D eigenvalue weighted by atomic mass is 10.1. The third-order valence-corrected chi connectivity index (χ3v) is 5.73. The highest BCUT2D eigenvalue weighted by Gasteiger charge is 2.15. The van der Waals surface area contributed by atoms with Crippen LogP contribution in [0.25, 0.3) is 16.7 Å². The number of fused-ring (bicyclic) bond motifs is 1. The second kappa shape index (κ2) is 7.88. The van der Waals surface area contributed by atoms with Crippen LogP contribution in [0.3, 0.4) is 0 Å². The molecule has 3 rings (SSSR count). The summed E-state index contributed by atoms with van der Waals surface area (Å²) < 4.78 is 9.40. The molecule has 0 spiro atoms. The fourth-order valence-corrected chi connectivity index (χ4v) is 3.60. The van der Waals surface area contributed by atoms with Gasteiger partial charge in [0.05, 0.1) is 17.6 Å². The molecule has 0 radical (unpaired) electrons. The number of aryl methyl sites for hydroxylation is 5. The van der Waals surface area contributed by atoms with Crippen LogP contribution in [0.2, 0.25) is 5.02 Å². The van der Waals surface area contributed by atoms with Gasteiger partial charge in [0.1, 0.15) is 5.75 Å². The molecular weight excluding hydrogens is 372 g/mol. The number of aromatic nitrogens is 2. The summed E-state index contributed by atoms with van der Waals surface area (Å²) in [4.78, 5) is 13.0. The maximum absolute atomic E-state index is 13.0. The number of imidazole rings is 1. The van der Waals surface area contributed by atoms with Crippen LogP contribution < -0.4 is 10.4 Å². The molecule has 0 unspecified atom stereocenters. The Labute approximate surface area is 171 Å². The Morgan fingerprint density at radius 2 is 1.57 bits per heavy atom. The van der Waals surface area contributed by atoms with Gasteiger partial charge in [-0.05, 0) is 87.6 Å². The summed E-state index contributed by atoms with van der Waals surface area (Å²) in [5, 5.41) is 0.775. The van der Waals surface area contributed by atoms with E-state index in [0.29, 0.717) is 13.2 Å². The van der Waals surface area contributed by atoms with E-state index in [1.54, 1.807) is 4.57 Å². The molecule has 0 aliphatic rings. The van der Waals surface area contributed by atoms with E-state index in [0.717, 1.165) is 50.6 Å². The minimum atomic E-state index is -0.0503. The Bertz CT molecular complexity index is 1100. The van der Waals surface area contributed by atoms with E-state index in [-0.39, 0.29) is 5.69 Å². The molecule has 0 aliphatic carbocycles. The van der Waals surface area contributed by atoms with E-state index >= 15 is 0 Å². The number of ether oxygens (including phenoxy) is 1. The lowest BCUT2D eigenvalue weighted by Gasteiger charge is -2.10. The first-order valence-corrected chi connectivity index (χ1v) is 9.86. The van der Waals surface area contributed by atoms with Crippen LogP contribution in [-0.4, -0.2) is 15.7 Å². The van der Waals surface area contributed by atoms with Crippen LogP contribution in [0.5, 0.6) is 5.75 Å². The fraction of sp³-hybridized carbons (Fsp3) is 0.348. The van der Waals surface area contributed by atoms with Crippen molar-refractivity contribution in [3.05, 3.63) is 68.6 Å². The molecule has 1 aromatic heterocycles. The van der Waals surface area contributed by atoms with Gasteiger partial charge in [0, 0.05) is 17.3 Å². The number of allylic oxidation sites excluding steroid dienone is 1. The Hall–Kier alpha value is -2.46. The van der Waals surface area contributed by atoms with Gasteiger partial charge in [-0.25, -0.2) is 4.79 Å². The van der Waals surface area contributed by atoms with Gasteiger partial charge in [0.25, 0.3) is 0 Å². The summed E-state index contributed by atoms with van der Waals surface area (Å²) in [5.74, 6) is 0.808. The van der Waals surface area contributed by atoms with Gasteiger partial charge in [-0.15, -0.1) is 0 Å². The third kappa shape index (κ3) is 3.74. The maximum Gasteiger partial charge on any atom is 0.333 e. The largest absolute Gasteiger partial charge is 0.494 e. The average molecular weight is 399 g/mol. The predicted molar refractivity (Wildman–Crippen MR) is 118 cm³/mol. The summed E-state index contributed by atoms with van der Waals surface area (Å²) in [6.45, 7) is 15.0. The zero-order chi connectivity index (χ0) is 20.6. The van der Waals surface area contributed by atoms with E-state index in [1.807, 2.05) is 37.5 Å². The highest BCUT2D eigenvalue weighted by molar-refractivity contribution is 6.32. The highest BCUT2D eigenvalue weighted by Crippen LogP contribution is 2.26. The van der Waals surface area contributed by atoms with Crippen molar-refractivity contribution in [3.8, 4) is 5.75 Å². The average Bonchev–Trinajstić information content (AvgIpc) is 2.88. The molecule has 148 valence electrons. The van der Waals surface area contributed by atoms with Crippen LogP contribution in [-0.2, 0) is 6.54 Å². The van der Waals surface area contributed by atoms with Crippen LogP contribution in [0.1, 0.15) is 35.6 Å². The smallest absolute Gasteiger partial charge is 0.333 e. The minimum absolute atomic E-state index is 0.0503. The maximum atomic E-state index is 13.0. The second-order valence-electron chi connectivity index (χ2n) is 7.50. The Morgan fingerprint density at radius 1 is 1.00 bits per heavy atom. The summed E-state index contributed by atoms with van der Waals surface area (Å²) >= 11 is 6.21. The van der Waals surface area contributed by atoms with E-state index < -0.39 is 0 Å². The van der Waals surface area contributed by atoms with E-state index in [1.165, 1.54) is 5.56 Å². The first kappa shape index (κ1) is 20.3. The SMILES string of the molecule is C=C(C)n1c(=O)n(CCCOc2cc(C)c(Cl)c(C)c2)c2cc(C)c(C)cc21. The summed E-state index contributed by atoms with van der Waals surface area (Å²) in [7, 11) is 0. The number of nitrogens with zero attached hydrogens (tertiary/aromatic N) is 2. The van der Waals surface area contributed by atoms with Crippen molar-refractivity contribution in [1.29, 1.82) is 0 Å². The van der Waals surface area contributed by atoms with Gasteiger partial charge in [-0.1, -0.05) is 18.2 Å². The van der Waals surface area contributed by atoms with Gasteiger partial charge in [0.15, 0.2) is 0 Å². The Morgan fingerprint density at radius 3 is 2.14 bits per heavy atom. The number of rotatable bonds is 6. The first-order chi connectivity index (χ1) is 13.2. The zero-order valence-corrected chi connectivity index (χ0v) is 18.0. The van der Waals surface area contributed by atoms with E-state index in [9.17, 15) is 4.79 Å². The molecule has 0 N–H and O–H groups in total. The Kier molecular flexibility index (Phi) is 5.71. The van der Waals surface area contributed by atoms with Gasteiger partial charge < -0.3 is 4.74 Å². The molecule has 0 aliphatic heterocycles. The molecule has 3 aromatic rings.